The average molecular weight is 300 g/mol. The van der Waals surface area contributed by atoms with Crippen LogP contribution in [0.1, 0.15) is 33.5 Å². The van der Waals surface area contributed by atoms with Crippen LogP contribution in [-0.4, -0.2) is 15.3 Å². The maximum Gasteiger partial charge on any atom is 0.335 e. The Morgan fingerprint density at radius 2 is 1.90 bits per heavy atom. The van der Waals surface area contributed by atoms with Gasteiger partial charge in [0.25, 0.3) is 0 Å². The third-order valence-corrected chi connectivity index (χ3v) is 5.18. The average Bonchev–Trinajstić information content (AvgIpc) is 2.95. The normalized spacial score (nSPS) is 14.7. The number of hydrogen-bond donors (Lipinski definition) is 1. The third kappa shape index (κ3) is 3.05. The van der Waals surface area contributed by atoms with Crippen molar-refractivity contribution in [3.05, 3.63) is 64.7 Å². The Kier molecular flexibility index (Phi) is 3.88. The molecule has 4 heteroatoms. The lowest BCUT2D eigenvalue weighted by Crippen LogP contribution is -2.01. The van der Waals surface area contributed by atoms with Crippen molar-refractivity contribution in [3.8, 4) is 0 Å². The number of hydrogen-bond acceptors (Lipinski definition) is 2. The zero-order chi connectivity index (χ0) is 14.8. The van der Waals surface area contributed by atoms with E-state index < -0.39 is 16.8 Å². The van der Waals surface area contributed by atoms with Crippen LogP contribution in [0.25, 0.3) is 0 Å². The van der Waals surface area contributed by atoms with E-state index in [1.54, 1.807) is 12.1 Å². The molecule has 0 saturated carbocycles. The first-order valence-electron chi connectivity index (χ1n) is 6.96. The summed E-state index contributed by atoms with van der Waals surface area (Å²) in [6, 6.07) is 12.7. The molecule has 0 aliphatic heterocycles. The van der Waals surface area contributed by atoms with Crippen molar-refractivity contribution >= 4 is 16.8 Å². The fraction of sp³-hybridized carbons (Fsp3) is 0.235. The molecule has 0 bridgehead atoms. The van der Waals surface area contributed by atoms with E-state index in [4.69, 9.17) is 5.11 Å². The van der Waals surface area contributed by atoms with Crippen LogP contribution in [0.4, 0.5) is 0 Å². The van der Waals surface area contributed by atoms with Crippen LogP contribution >= 0.6 is 0 Å². The molecule has 1 unspecified atom stereocenters. The van der Waals surface area contributed by atoms with E-state index >= 15 is 0 Å². The van der Waals surface area contributed by atoms with Gasteiger partial charge in [0.1, 0.15) is 0 Å². The van der Waals surface area contributed by atoms with Gasteiger partial charge in [0.15, 0.2) is 0 Å². The van der Waals surface area contributed by atoms with Crippen LogP contribution in [-0.2, 0) is 29.4 Å². The zero-order valence-corrected chi connectivity index (χ0v) is 12.4. The number of carboxylic acids is 1. The van der Waals surface area contributed by atoms with Crippen molar-refractivity contribution in [2.45, 2.75) is 29.9 Å². The lowest BCUT2D eigenvalue weighted by atomic mass is 10.1. The Morgan fingerprint density at radius 3 is 2.71 bits per heavy atom. The highest BCUT2D eigenvalue weighted by molar-refractivity contribution is 7.84. The maximum absolute atomic E-state index is 12.4. The van der Waals surface area contributed by atoms with Gasteiger partial charge in [-0.1, -0.05) is 24.3 Å². The lowest BCUT2D eigenvalue weighted by molar-refractivity contribution is 0.0696. The van der Waals surface area contributed by atoms with Crippen LogP contribution < -0.4 is 0 Å². The van der Waals surface area contributed by atoms with Crippen molar-refractivity contribution in [1.29, 1.82) is 0 Å². The van der Waals surface area contributed by atoms with Gasteiger partial charge in [-0.05, 0) is 54.2 Å². The molecule has 1 aliphatic carbocycles. The molecule has 1 aliphatic rings. The number of carbonyl (C=O) groups is 1. The summed E-state index contributed by atoms with van der Waals surface area (Å²) >= 11 is 0. The van der Waals surface area contributed by atoms with Crippen LogP contribution in [0, 0.1) is 0 Å². The number of carboxylic acid groups (broad SMARTS) is 1. The van der Waals surface area contributed by atoms with E-state index in [0.29, 0.717) is 10.6 Å². The minimum Gasteiger partial charge on any atom is -0.478 e. The molecule has 3 nitrogen and oxygen atoms in total. The van der Waals surface area contributed by atoms with Crippen molar-refractivity contribution in [1.82, 2.24) is 0 Å². The minimum absolute atomic E-state index is 0.176. The van der Waals surface area contributed by atoms with Crippen LogP contribution in [0.5, 0.6) is 0 Å². The molecule has 1 N–H and O–H groups in total. The molecule has 0 heterocycles. The van der Waals surface area contributed by atoms with E-state index in [9.17, 15) is 9.00 Å². The second kappa shape index (κ2) is 5.82. The molecular formula is C17H16O3S. The summed E-state index contributed by atoms with van der Waals surface area (Å²) in [4.78, 5) is 11.5. The fourth-order valence-electron chi connectivity index (χ4n) is 2.72. The maximum atomic E-state index is 12.4. The SMILES string of the molecule is O=C(O)c1cccc(S(=O)Cc2ccc3c(c2)CCC3)c1. The predicted octanol–water partition coefficient (Wildman–Crippen LogP) is 3.18. The summed E-state index contributed by atoms with van der Waals surface area (Å²) in [5.74, 6) is -0.567. The van der Waals surface area contributed by atoms with Crippen molar-refractivity contribution in [2.75, 3.05) is 0 Å². The molecule has 3 rings (SSSR count). The molecule has 0 aromatic heterocycles. The molecule has 21 heavy (non-hydrogen) atoms. The molecular weight excluding hydrogens is 284 g/mol. The van der Waals surface area contributed by atoms with Gasteiger partial charge in [0.2, 0.25) is 0 Å². The van der Waals surface area contributed by atoms with Gasteiger partial charge in [-0.15, -0.1) is 0 Å². The first-order valence-corrected chi connectivity index (χ1v) is 8.28. The van der Waals surface area contributed by atoms with E-state index in [2.05, 4.69) is 12.1 Å². The van der Waals surface area contributed by atoms with Crippen LogP contribution in [0.15, 0.2) is 47.4 Å². The molecule has 0 amide bonds. The number of rotatable bonds is 4. The monoisotopic (exact) mass is 300 g/mol. The van der Waals surface area contributed by atoms with Crippen LogP contribution in [0.2, 0.25) is 0 Å². The number of aryl methyl sites for hydroxylation is 2. The highest BCUT2D eigenvalue weighted by atomic mass is 32.2. The Labute approximate surface area is 126 Å². The molecule has 2 aromatic carbocycles. The summed E-state index contributed by atoms with van der Waals surface area (Å²) in [5.41, 5.74) is 3.99. The van der Waals surface area contributed by atoms with Gasteiger partial charge in [0, 0.05) is 4.90 Å². The van der Waals surface area contributed by atoms with E-state index in [-0.39, 0.29) is 5.56 Å². The number of benzene rings is 2. The van der Waals surface area contributed by atoms with E-state index in [1.165, 1.54) is 29.7 Å². The lowest BCUT2D eigenvalue weighted by Gasteiger charge is -2.06. The molecule has 2 aromatic rings. The van der Waals surface area contributed by atoms with Gasteiger partial charge < -0.3 is 5.11 Å². The smallest absolute Gasteiger partial charge is 0.335 e. The summed E-state index contributed by atoms with van der Waals surface area (Å²) in [6.45, 7) is 0. The molecule has 0 fully saturated rings. The van der Waals surface area contributed by atoms with E-state index in [0.717, 1.165) is 18.4 Å². The van der Waals surface area contributed by atoms with Crippen molar-refractivity contribution in [3.63, 3.8) is 0 Å². The van der Waals surface area contributed by atoms with Crippen molar-refractivity contribution < 1.29 is 14.1 Å². The van der Waals surface area contributed by atoms with Gasteiger partial charge >= 0.3 is 5.97 Å². The summed E-state index contributed by atoms with van der Waals surface area (Å²) in [7, 11) is -1.22. The minimum atomic E-state index is -1.22. The standard InChI is InChI=1S/C17H16O3S/c18-17(19)15-5-2-6-16(10-15)21(20)11-12-7-8-13-3-1-4-14(13)9-12/h2,5-10H,1,3-4,11H2,(H,18,19). The van der Waals surface area contributed by atoms with E-state index in [1.807, 2.05) is 6.07 Å². The van der Waals surface area contributed by atoms with Gasteiger partial charge in [-0.3, -0.25) is 4.21 Å². The van der Waals surface area contributed by atoms with Gasteiger partial charge in [-0.2, -0.15) is 0 Å². The van der Waals surface area contributed by atoms with Gasteiger partial charge in [0.05, 0.1) is 22.1 Å². The predicted molar refractivity (Wildman–Crippen MR) is 82.0 cm³/mol. The fourth-order valence-corrected chi connectivity index (χ4v) is 3.86. The highest BCUT2D eigenvalue weighted by Gasteiger charge is 2.13. The van der Waals surface area contributed by atoms with Gasteiger partial charge in [-0.25, -0.2) is 4.79 Å². The third-order valence-electron chi connectivity index (χ3n) is 3.80. The molecule has 0 spiro atoms. The largest absolute Gasteiger partial charge is 0.478 e. The summed E-state index contributed by atoms with van der Waals surface area (Å²) in [6.07, 6.45) is 3.44. The highest BCUT2D eigenvalue weighted by Crippen LogP contribution is 2.24. The molecule has 108 valence electrons. The Hall–Kier alpha value is -1.94. The zero-order valence-electron chi connectivity index (χ0n) is 11.5. The quantitative estimate of drug-likeness (QED) is 0.943. The first kappa shape index (κ1) is 14.0. The second-order valence-electron chi connectivity index (χ2n) is 5.28. The van der Waals surface area contributed by atoms with Crippen molar-refractivity contribution in [2.24, 2.45) is 0 Å². The molecule has 0 radical (unpaired) electrons. The topological polar surface area (TPSA) is 54.4 Å². The summed E-state index contributed by atoms with van der Waals surface area (Å²) < 4.78 is 12.4. The summed E-state index contributed by atoms with van der Waals surface area (Å²) in [5, 5.41) is 8.99. The molecule has 1 atom stereocenters. The second-order valence-corrected chi connectivity index (χ2v) is 6.73. The first-order chi connectivity index (χ1) is 10.1. The number of fused-ring (bicyclic) bond motifs is 1. The Balaban J connectivity index is 1.80. The Morgan fingerprint density at radius 1 is 1.10 bits per heavy atom. The van der Waals surface area contributed by atoms with Crippen LogP contribution in [0.3, 0.4) is 0 Å². The Bertz CT molecular complexity index is 722. The number of aromatic carboxylic acids is 1. The molecule has 0 saturated heterocycles.